The van der Waals surface area contributed by atoms with Crippen LogP contribution in [0, 0.1) is 5.92 Å². The molecule has 196 valence electrons. The van der Waals surface area contributed by atoms with Crippen LogP contribution < -0.4 is 14.2 Å². The topological polar surface area (TPSA) is 68.3 Å². The van der Waals surface area contributed by atoms with Gasteiger partial charge in [0.2, 0.25) is 5.91 Å². The van der Waals surface area contributed by atoms with Crippen LogP contribution in [-0.2, 0) is 11.2 Å². The summed E-state index contributed by atoms with van der Waals surface area (Å²) in [5, 5.41) is 2.06. The number of hydrogen-bond donors (Lipinski definition) is 0. The van der Waals surface area contributed by atoms with E-state index in [1.807, 2.05) is 43.0 Å². The quantitative estimate of drug-likeness (QED) is 0.372. The van der Waals surface area contributed by atoms with Crippen molar-refractivity contribution in [1.82, 2.24) is 9.80 Å². The molecule has 1 aliphatic rings. The van der Waals surface area contributed by atoms with Crippen molar-refractivity contribution in [3.05, 3.63) is 76.0 Å². The van der Waals surface area contributed by atoms with Crippen LogP contribution in [-0.4, -0.2) is 62.1 Å². The van der Waals surface area contributed by atoms with Crippen molar-refractivity contribution in [3.8, 4) is 17.2 Å². The number of rotatable bonds is 10. The fourth-order valence-corrected chi connectivity index (χ4v) is 5.50. The number of amides is 2. The predicted molar refractivity (Wildman–Crippen MR) is 145 cm³/mol. The third-order valence-electron chi connectivity index (χ3n) is 6.40. The van der Waals surface area contributed by atoms with Gasteiger partial charge in [0.15, 0.2) is 0 Å². The van der Waals surface area contributed by atoms with Gasteiger partial charge in [-0.05, 0) is 65.7 Å². The molecule has 4 rings (SSSR count). The SMILES string of the molecule is COc1ccc(C(=O)N(CC(=O)N2CCc3sccc3[C@@H]2COc2cccc(OC)c2)CC(C)C)cc1. The number of thiophene rings is 1. The lowest BCUT2D eigenvalue weighted by Gasteiger charge is -2.37. The minimum Gasteiger partial charge on any atom is -0.497 e. The summed E-state index contributed by atoms with van der Waals surface area (Å²) in [4.78, 5) is 31.9. The molecule has 0 bridgehead atoms. The van der Waals surface area contributed by atoms with Crippen molar-refractivity contribution < 1.29 is 23.8 Å². The predicted octanol–water partition coefficient (Wildman–Crippen LogP) is 5.07. The Morgan fingerprint density at radius 2 is 1.76 bits per heavy atom. The lowest BCUT2D eigenvalue weighted by molar-refractivity contribution is -0.135. The zero-order valence-corrected chi connectivity index (χ0v) is 22.6. The normalized spacial score (nSPS) is 14.7. The second-order valence-corrected chi connectivity index (χ2v) is 10.5. The van der Waals surface area contributed by atoms with Gasteiger partial charge in [-0.3, -0.25) is 9.59 Å². The van der Waals surface area contributed by atoms with Crippen LogP contribution in [0.3, 0.4) is 0 Å². The second-order valence-electron chi connectivity index (χ2n) is 9.45. The average Bonchev–Trinajstić information content (AvgIpc) is 3.40. The van der Waals surface area contributed by atoms with E-state index in [-0.39, 0.29) is 30.3 Å². The van der Waals surface area contributed by atoms with Crippen LogP contribution in [0.2, 0.25) is 0 Å². The summed E-state index contributed by atoms with van der Waals surface area (Å²) in [7, 11) is 3.21. The summed E-state index contributed by atoms with van der Waals surface area (Å²) in [6.45, 7) is 5.49. The van der Waals surface area contributed by atoms with E-state index in [9.17, 15) is 9.59 Å². The highest BCUT2D eigenvalue weighted by Crippen LogP contribution is 2.34. The molecule has 1 aliphatic heterocycles. The van der Waals surface area contributed by atoms with Crippen LogP contribution in [0.4, 0.5) is 0 Å². The van der Waals surface area contributed by atoms with Crippen LogP contribution in [0.1, 0.15) is 40.7 Å². The van der Waals surface area contributed by atoms with Gasteiger partial charge in [0.1, 0.15) is 30.4 Å². The van der Waals surface area contributed by atoms with Gasteiger partial charge in [0.05, 0.1) is 20.3 Å². The van der Waals surface area contributed by atoms with E-state index >= 15 is 0 Å². The highest BCUT2D eigenvalue weighted by Gasteiger charge is 2.33. The van der Waals surface area contributed by atoms with E-state index < -0.39 is 0 Å². The summed E-state index contributed by atoms with van der Waals surface area (Å²) >= 11 is 1.71. The van der Waals surface area contributed by atoms with Crippen molar-refractivity contribution >= 4 is 23.2 Å². The molecule has 0 unspecified atom stereocenters. The number of carbonyl (C=O) groups excluding carboxylic acids is 2. The maximum absolute atomic E-state index is 13.7. The highest BCUT2D eigenvalue weighted by molar-refractivity contribution is 7.10. The molecule has 0 N–H and O–H groups in total. The Kier molecular flexibility index (Phi) is 8.71. The molecule has 37 heavy (non-hydrogen) atoms. The molecule has 1 aromatic heterocycles. The lowest BCUT2D eigenvalue weighted by Crippen LogP contribution is -2.48. The first-order valence-electron chi connectivity index (χ1n) is 12.5. The summed E-state index contributed by atoms with van der Waals surface area (Å²) < 4.78 is 16.7. The largest absolute Gasteiger partial charge is 0.497 e. The molecule has 0 fully saturated rings. The Hall–Kier alpha value is -3.52. The van der Waals surface area contributed by atoms with Gasteiger partial charge in [-0.15, -0.1) is 11.3 Å². The van der Waals surface area contributed by atoms with Crippen LogP contribution in [0.15, 0.2) is 60.0 Å². The minimum absolute atomic E-state index is 0.0121. The van der Waals surface area contributed by atoms with Gasteiger partial charge in [-0.1, -0.05) is 19.9 Å². The van der Waals surface area contributed by atoms with Crippen molar-refractivity contribution in [1.29, 1.82) is 0 Å². The number of ether oxygens (including phenoxy) is 3. The molecular weight excluding hydrogens is 488 g/mol. The lowest BCUT2D eigenvalue weighted by atomic mass is 10.00. The van der Waals surface area contributed by atoms with E-state index in [1.165, 1.54) is 4.88 Å². The Bertz CT molecular complexity index is 1210. The molecule has 0 radical (unpaired) electrons. The summed E-state index contributed by atoms with van der Waals surface area (Å²) in [5.74, 6) is 2.05. The molecule has 0 spiro atoms. The number of nitrogens with zero attached hydrogens (tertiary/aromatic N) is 2. The van der Waals surface area contributed by atoms with E-state index in [1.54, 1.807) is 54.7 Å². The Balaban J connectivity index is 1.52. The van der Waals surface area contributed by atoms with Gasteiger partial charge < -0.3 is 24.0 Å². The third-order valence-corrected chi connectivity index (χ3v) is 7.40. The summed E-state index contributed by atoms with van der Waals surface area (Å²) in [6.07, 6.45) is 0.797. The van der Waals surface area contributed by atoms with Gasteiger partial charge in [0, 0.05) is 29.6 Å². The summed E-state index contributed by atoms with van der Waals surface area (Å²) in [6, 6.07) is 16.3. The molecule has 2 amide bonds. The van der Waals surface area contributed by atoms with Crippen LogP contribution in [0.5, 0.6) is 17.2 Å². The zero-order chi connectivity index (χ0) is 26.4. The zero-order valence-electron chi connectivity index (χ0n) is 21.8. The first-order chi connectivity index (χ1) is 17.9. The fourth-order valence-electron chi connectivity index (χ4n) is 4.57. The highest BCUT2D eigenvalue weighted by atomic mass is 32.1. The van der Waals surface area contributed by atoms with E-state index in [4.69, 9.17) is 14.2 Å². The Labute approximate surface area is 222 Å². The van der Waals surface area contributed by atoms with Crippen molar-refractivity contribution in [2.24, 2.45) is 5.92 Å². The molecule has 3 aromatic rings. The molecule has 0 saturated heterocycles. The number of benzene rings is 2. The van der Waals surface area contributed by atoms with E-state index in [2.05, 4.69) is 11.4 Å². The third kappa shape index (κ3) is 6.43. The molecule has 2 heterocycles. The smallest absolute Gasteiger partial charge is 0.254 e. The van der Waals surface area contributed by atoms with Crippen molar-refractivity contribution in [2.45, 2.75) is 26.3 Å². The van der Waals surface area contributed by atoms with Gasteiger partial charge >= 0.3 is 0 Å². The summed E-state index contributed by atoms with van der Waals surface area (Å²) in [5.41, 5.74) is 1.65. The minimum atomic E-state index is -0.231. The monoisotopic (exact) mass is 522 g/mol. The van der Waals surface area contributed by atoms with Crippen LogP contribution >= 0.6 is 11.3 Å². The molecule has 0 aliphatic carbocycles. The first kappa shape index (κ1) is 26.5. The van der Waals surface area contributed by atoms with Crippen LogP contribution in [0.25, 0.3) is 0 Å². The average molecular weight is 523 g/mol. The van der Waals surface area contributed by atoms with E-state index in [0.717, 1.165) is 12.0 Å². The van der Waals surface area contributed by atoms with Crippen molar-refractivity contribution in [2.75, 3.05) is 40.5 Å². The van der Waals surface area contributed by atoms with Crippen molar-refractivity contribution in [3.63, 3.8) is 0 Å². The standard InChI is InChI=1S/C29H34N2O5S/c1-20(2)17-30(29(33)21-8-10-22(34-3)11-9-21)18-28(32)31-14-12-27-25(13-15-37-27)26(31)19-36-24-7-5-6-23(16-24)35-4/h5-11,13,15-16,20,26H,12,14,17-19H2,1-4H3/t26-/m0/s1. The molecule has 2 aromatic carbocycles. The second kappa shape index (κ2) is 12.1. The Morgan fingerprint density at radius 3 is 2.46 bits per heavy atom. The number of fused-ring (bicyclic) bond motifs is 1. The molecule has 1 atom stereocenters. The van der Waals surface area contributed by atoms with Gasteiger partial charge in [0.25, 0.3) is 5.91 Å². The maximum atomic E-state index is 13.7. The number of carbonyl (C=O) groups is 2. The fraction of sp³-hybridized carbons (Fsp3) is 0.379. The van der Waals surface area contributed by atoms with Gasteiger partial charge in [-0.25, -0.2) is 0 Å². The first-order valence-corrected chi connectivity index (χ1v) is 13.3. The van der Waals surface area contributed by atoms with E-state index in [0.29, 0.717) is 42.5 Å². The molecule has 0 saturated carbocycles. The Morgan fingerprint density at radius 1 is 1.03 bits per heavy atom. The van der Waals surface area contributed by atoms with Gasteiger partial charge in [-0.2, -0.15) is 0 Å². The number of hydrogen-bond acceptors (Lipinski definition) is 6. The molecule has 8 heteroatoms. The molecular formula is C29H34N2O5S. The maximum Gasteiger partial charge on any atom is 0.254 e. The molecule has 7 nitrogen and oxygen atoms in total. The number of methoxy groups -OCH3 is 2.